The first-order valence-electron chi connectivity index (χ1n) is 5.84. The lowest BCUT2D eigenvalue weighted by Gasteiger charge is -2.15. The highest BCUT2D eigenvalue weighted by atomic mass is 19.4. The fourth-order valence-electron chi connectivity index (χ4n) is 1.88. The van der Waals surface area contributed by atoms with Crippen LogP contribution in [0.4, 0.5) is 23.2 Å². The summed E-state index contributed by atoms with van der Waals surface area (Å²) >= 11 is 0. The maximum atomic E-state index is 13.4. The van der Waals surface area contributed by atoms with E-state index in [2.05, 4.69) is 5.32 Å². The largest absolute Gasteiger partial charge is 0.416 e. The van der Waals surface area contributed by atoms with Gasteiger partial charge in [0.15, 0.2) is 0 Å². The molecule has 0 amide bonds. The van der Waals surface area contributed by atoms with Crippen molar-refractivity contribution in [2.75, 3.05) is 11.9 Å². The van der Waals surface area contributed by atoms with Gasteiger partial charge in [0, 0.05) is 18.4 Å². The van der Waals surface area contributed by atoms with Gasteiger partial charge in [-0.3, -0.25) is 0 Å². The third-order valence-corrected chi connectivity index (χ3v) is 3.36. The number of rotatable bonds is 4. The first-order chi connectivity index (χ1) is 8.86. The van der Waals surface area contributed by atoms with Crippen molar-refractivity contribution in [1.82, 2.24) is 0 Å². The second kappa shape index (κ2) is 4.72. The average molecular weight is 272 g/mol. The highest BCUT2D eigenvalue weighted by Crippen LogP contribution is 2.48. The minimum atomic E-state index is -4.49. The van der Waals surface area contributed by atoms with Crippen molar-refractivity contribution in [3.8, 4) is 6.07 Å². The van der Waals surface area contributed by atoms with Gasteiger partial charge in [0.05, 0.1) is 17.3 Å². The molecule has 19 heavy (non-hydrogen) atoms. The third kappa shape index (κ3) is 3.16. The van der Waals surface area contributed by atoms with Crippen LogP contribution in [0.15, 0.2) is 18.2 Å². The monoisotopic (exact) mass is 272 g/mol. The molecular weight excluding hydrogens is 260 g/mol. The van der Waals surface area contributed by atoms with Crippen LogP contribution in [0.3, 0.4) is 0 Å². The van der Waals surface area contributed by atoms with Crippen LogP contribution < -0.4 is 5.32 Å². The summed E-state index contributed by atoms with van der Waals surface area (Å²) in [6, 6.07) is 4.32. The Balaban J connectivity index is 2.10. The van der Waals surface area contributed by atoms with Crippen LogP contribution in [0.25, 0.3) is 0 Å². The number of hydrogen-bond acceptors (Lipinski definition) is 2. The molecule has 0 aliphatic heterocycles. The Hall–Kier alpha value is -1.77. The van der Waals surface area contributed by atoms with E-state index in [9.17, 15) is 17.6 Å². The summed E-state index contributed by atoms with van der Waals surface area (Å²) in [5.74, 6) is -0.722. The fourth-order valence-corrected chi connectivity index (χ4v) is 1.88. The van der Waals surface area contributed by atoms with E-state index in [-0.39, 0.29) is 11.1 Å². The number of nitrogens with zero attached hydrogens (tertiary/aromatic N) is 1. The second-order valence-corrected chi connectivity index (χ2v) is 4.88. The van der Waals surface area contributed by atoms with E-state index in [0.717, 1.165) is 25.0 Å². The quantitative estimate of drug-likeness (QED) is 0.842. The first-order valence-corrected chi connectivity index (χ1v) is 5.84. The summed E-state index contributed by atoms with van der Waals surface area (Å²) in [6.07, 6.45) is -2.48. The molecule has 1 aromatic carbocycles. The zero-order valence-electron chi connectivity index (χ0n) is 10.0. The minimum Gasteiger partial charge on any atom is -0.382 e. The van der Waals surface area contributed by atoms with E-state index < -0.39 is 17.6 Å². The van der Waals surface area contributed by atoms with E-state index in [1.807, 2.05) is 6.07 Å². The average Bonchev–Trinajstić information content (AvgIpc) is 3.07. The zero-order valence-corrected chi connectivity index (χ0v) is 10.0. The highest BCUT2D eigenvalue weighted by molar-refractivity contribution is 5.48. The standard InChI is InChI=1S/C13H12F4N2/c14-10-2-1-9(13(15,16)17)7-11(10)19-8-12(3-4-12)5-6-18/h1-2,7,19H,3-5,8H2. The molecular formula is C13H12F4N2. The highest BCUT2D eigenvalue weighted by Gasteiger charge is 2.42. The van der Waals surface area contributed by atoms with Crippen molar-refractivity contribution in [3.63, 3.8) is 0 Å². The summed E-state index contributed by atoms with van der Waals surface area (Å²) in [6.45, 7) is 0.318. The molecule has 0 bridgehead atoms. The van der Waals surface area contributed by atoms with Crippen molar-refractivity contribution >= 4 is 5.69 Å². The molecule has 0 atom stereocenters. The van der Waals surface area contributed by atoms with Crippen molar-refractivity contribution in [2.24, 2.45) is 5.41 Å². The number of hydrogen-bond donors (Lipinski definition) is 1. The lowest BCUT2D eigenvalue weighted by atomic mass is 10.0. The van der Waals surface area contributed by atoms with E-state index in [4.69, 9.17) is 5.26 Å². The zero-order chi connectivity index (χ0) is 14.1. The molecule has 1 fully saturated rings. The summed E-state index contributed by atoms with van der Waals surface area (Å²) < 4.78 is 51.0. The Bertz CT molecular complexity index is 512. The molecule has 102 valence electrons. The van der Waals surface area contributed by atoms with Crippen LogP contribution in [0.5, 0.6) is 0 Å². The SMILES string of the molecule is N#CCC1(CNc2cc(C(F)(F)F)ccc2F)CC1. The normalized spacial score (nSPS) is 16.8. The number of alkyl halides is 3. The molecule has 2 rings (SSSR count). The molecule has 0 radical (unpaired) electrons. The molecule has 1 saturated carbocycles. The maximum absolute atomic E-state index is 13.4. The fraction of sp³-hybridized carbons (Fsp3) is 0.462. The van der Waals surface area contributed by atoms with Crippen LogP contribution in [0.1, 0.15) is 24.8 Å². The van der Waals surface area contributed by atoms with Gasteiger partial charge in [-0.25, -0.2) is 4.39 Å². The number of nitriles is 1. The van der Waals surface area contributed by atoms with Crippen molar-refractivity contribution in [2.45, 2.75) is 25.4 Å². The summed E-state index contributed by atoms with van der Waals surface area (Å²) in [4.78, 5) is 0. The van der Waals surface area contributed by atoms with Crippen molar-refractivity contribution < 1.29 is 17.6 Å². The molecule has 6 heteroatoms. The van der Waals surface area contributed by atoms with E-state index in [1.165, 1.54) is 0 Å². The molecule has 1 aliphatic carbocycles. The number of anilines is 1. The smallest absolute Gasteiger partial charge is 0.382 e. The Labute approximate surface area is 108 Å². The summed E-state index contributed by atoms with van der Waals surface area (Å²) in [7, 11) is 0. The Morgan fingerprint density at radius 1 is 1.32 bits per heavy atom. The molecule has 0 spiro atoms. The molecule has 0 saturated heterocycles. The Morgan fingerprint density at radius 3 is 2.53 bits per heavy atom. The number of nitrogens with one attached hydrogen (secondary N) is 1. The summed E-state index contributed by atoms with van der Waals surface area (Å²) in [5.41, 5.74) is -1.25. The molecule has 0 unspecified atom stereocenters. The maximum Gasteiger partial charge on any atom is 0.416 e. The van der Waals surface area contributed by atoms with Crippen LogP contribution in [-0.2, 0) is 6.18 Å². The molecule has 0 aromatic heterocycles. The lowest BCUT2D eigenvalue weighted by molar-refractivity contribution is -0.137. The predicted molar refractivity (Wildman–Crippen MR) is 61.8 cm³/mol. The van der Waals surface area contributed by atoms with Gasteiger partial charge in [-0.2, -0.15) is 18.4 Å². The molecule has 2 nitrogen and oxygen atoms in total. The Morgan fingerprint density at radius 2 is 2.00 bits per heavy atom. The molecule has 1 aromatic rings. The van der Waals surface area contributed by atoms with Crippen LogP contribution in [0.2, 0.25) is 0 Å². The summed E-state index contributed by atoms with van der Waals surface area (Å²) in [5, 5.41) is 11.3. The van der Waals surface area contributed by atoms with Crippen molar-refractivity contribution in [3.05, 3.63) is 29.6 Å². The van der Waals surface area contributed by atoms with E-state index >= 15 is 0 Å². The van der Waals surface area contributed by atoms with Crippen LogP contribution in [-0.4, -0.2) is 6.54 Å². The second-order valence-electron chi connectivity index (χ2n) is 4.88. The van der Waals surface area contributed by atoms with E-state index in [0.29, 0.717) is 19.0 Å². The number of halogens is 4. The van der Waals surface area contributed by atoms with Gasteiger partial charge < -0.3 is 5.32 Å². The van der Waals surface area contributed by atoms with Crippen LogP contribution in [0, 0.1) is 22.6 Å². The minimum absolute atomic E-state index is 0.168. The molecule has 0 heterocycles. The Kier molecular flexibility index (Phi) is 3.40. The molecule has 1 N–H and O–H groups in total. The third-order valence-electron chi connectivity index (χ3n) is 3.36. The van der Waals surface area contributed by atoms with Gasteiger partial charge in [-0.05, 0) is 31.0 Å². The van der Waals surface area contributed by atoms with Gasteiger partial charge in [-0.1, -0.05) is 0 Å². The predicted octanol–water partition coefficient (Wildman–Crippen LogP) is 3.95. The van der Waals surface area contributed by atoms with Gasteiger partial charge in [0.25, 0.3) is 0 Å². The van der Waals surface area contributed by atoms with Crippen LogP contribution >= 0.6 is 0 Å². The van der Waals surface area contributed by atoms with E-state index in [1.54, 1.807) is 0 Å². The molecule has 1 aliphatic rings. The lowest BCUT2D eigenvalue weighted by Crippen LogP contribution is -2.16. The first kappa shape index (κ1) is 13.7. The number of benzene rings is 1. The van der Waals surface area contributed by atoms with Gasteiger partial charge >= 0.3 is 6.18 Å². The topological polar surface area (TPSA) is 35.8 Å². The van der Waals surface area contributed by atoms with Gasteiger partial charge in [0.1, 0.15) is 5.82 Å². The van der Waals surface area contributed by atoms with Gasteiger partial charge in [0.2, 0.25) is 0 Å². The van der Waals surface area contributed by atoms with Gasteiger partial charge in [-0.15, -0.1) is 0 Å². The van der Waals surface area contributed by atoms with Crippen molar-refractivity contribution in [1.29, 1.82) is 5.26 Å².